The van der Waals surface area contributed by atoms with E-state index < -0.39 is 5.97 Å². The van der Waals surface area contributed by atoms with Crippen molar-refractivity contribution in [3.05, 3.63) is 65.5 Å². The van der Waals surface area contributed by atoms with Crippen LogP contribution in [-0.2, 0) is 29.0 Å². The van der Waals surface area contributed by atoms with E-state index in [9.17, 15) is 14.7 Å². The number of aliphatic hydroxyl groups is 1. The first-order valence-corrected chi connectivity index (χ1v) is 16.0. The molecule has 0 atom stereocenters. The van der Waals surface area contributed by atoms with Crippen LogP contribution in [-0.4, -0.2) is 106 Å². The van der Waals surface area contributed by atoms with E-state index in [1.165, 1.54) is 7.11 Å². The molecule has 0 aliphatic carbocycles. The minimum absolute atomic E-state index is 0.0506. The van der Waals surface area contributed by atoms with Crippen LogP contribution in [0.1, 0.15) is 47.9 Å². The number of aromatic nitrogens is 3. The zero-order valence-electron chi connectivity index (χ0n) is 26.5. The predicted molar refractivity (Wildman–Crippen MR) is 176 cm³/mol. The molecule has 1 aliphatic rings. The number of nitrogens with two attached hydrogens (primary N) is 1. The van der Waals surface area contributed by atoms with Gasteiger partial charge in [-0.2, -0.15) is 0 Å². The number of hydrogen-bond donors (Lipinski definition) is 2. The second-order valence-corrected chi connectivity index (χ2v) is 11.7. The molecule has 0 spiro atoms. The summed E-state index contributed by atoms with van der Waals surface area (Å²) in [6.07, 6.45) is 3.62. The Morgan fingerprint density at radius 1 is 1.00 bits per heavy atom. The first-order chi connectivity index (χ1) is 21.9. The molecule has 0 saturated carbocycles. The number of aliphatic hydroxyl groups excluding tert-OH is 1. The Bertz CT molecular complexity index is 1610. The third-order valence-corrected chi connectivity index (χ3v) is 8.57. The Morgan fingerprint density at radius 2 is 1.78 bits per heavy atom. The molecule has 0 bridgehead atoms. The van der Waals surface area contributed by atoms with Crippen LogP contribution < -0.4 is 5.73 Å². The molecule has 3 heterocycles. The van der Waals surface area contributed by atoms with Crippen molar-refractivity contribution in [1.82, 2.24) is 29.2 Å². The summed E-state index contributed by atoms with van der Waals surface area (Å²) < 4.78 is 7.19. The molecular weight excluding hydrogens is 570 g/mol. The van der Waals surface area contributed by atoms with Gasteiger partial charge in [-0.15, -0.1) is 0 Å². The topological polar surface area (TPSA) is 130 Å². The third-order valence-electron chi connectivity index (χ3n) is 8.57. The van der Waals surface area contributed by atoms with Crippen LogP contribution in [0.4, 0.5) is 5.82 Å². The van der Waals surface area contributed by atoms with Gasteiger partial charge in [0.05, 0.1) is 36.9 Å². The number of imidazole rings is 1. The number of aryl methyl sites for hydroxylation is 2. The van der Waals surface area contributed by atoms with Gasteiger partial charge < -0.3 is 25.0 Å². The summed E-state index contributed by atoms with van der Waals surface area (Å²) in [5.41, 5.74) is 10.3. The molecular formula is C34H45N7O4. The highest BCUT2D eigenvalue weighted by molar-refractivity contribution is 6.06. The van der Waals surface area contributed by atoms with Crippen LogP contribution in [0.2, 0.25) is 0 Å². The van der Waals surface area contributed by atoms with Crippen LogP contribution in [0.5, 0.6) is 0 Å². The summed E-state index contributed by atoms with van der Waals surface area (Å²) in [5.74, 6) is 1.07. The molecule has 0 radical (unpaired) electrons. The number of pyridine rings is 1. The van der Waals surface area contributed by atoms with Gasteiger partial charge in [-0.3, -0.25) is 14.6 Å². The highest BCUT2D eigenvalue weighted by Gasteiger charge is 2.23. The van der Waals surface area contributed by atoms with Gasteiger partial charge >= 0.3 is 5.97 Å². The molecule has 1 saturated heterocycles. The van der Waals surface area contributed by atoms with Gasteiger partial charge in [0.2, 0.25) is 5.91 Å². The lowest BCUT2D eigenvalue weighted by atomic mass is 10.1. The highest BCUT2D eigenvalue weighted by Crippen LogP contribution is 2.29. The Labute approximate surface area is 264 Å². The number of para-hydroxylation sites is 1. The van der Waals surface area contributed by atoms with Crippen molar-refractivity contribution in [2.75, 3.05) is 65.3 Å². The monoisotopic (exact) mass is 615 g/mol. The molecule has 45 heavy (non-hydrogen) atoms. The Hall–Kier alpha value is -4.06. The molecule has 11 heteroatoms. The zero-order valence-corrected chi connectivity index (χ0v) is 26.5. The number of esters is 1. The van der Waals surface area contributed by atoms with Crippen molar-refractivity contribution < 1.29 is 19.4 Å². The minimum Gasteiger partial charge on any atom is -0.465 e. The highest BCUT2D eigenvalue weighted by atomic mass is 16.5. The minimum atomic E-state index is -0.400. The normalized spacial score (nSPS) is 14.3. The lowest BCUT2D eigenvalue weighted by molar-refractivity contribution is -0.133. The number of carbonyl (C=O) groups is 2. The number of anilines is 1. The van der Waals surface area contributed by atoms with Gasteiger partial charge in [-0.1, -0.05) is 43.7 Å². The molecule has 5 rings (SSSR count). The largest absolute Gasteiger partial charge is 0.465 e. The van der Waals surface area contributed by atoms with Gasteiger partial charge in [0.25, 0.3) is 0 Å². The smallest absolute Gasteiger partial charge is 0.337 e. The fraction of sp³-hybridized carbons (Fsp3) is 0.471. The SMILES string of the molecule is CCCCc1nc2c(N)nc3ccccc3c2n1CCCN(Cc1cccc(C(=O)OC)c1)C(=O)CN1CCN(CCO)CC1. The number of unbranched alkanes of at least 4 members (excludes halogenated alkanes) is 1. The lowest BCUT2D eigenvalue weighted by Crippen LogP contribution is -2.50. The molecule has 4 aromatic rings. The van der Waals surface area contributed by atoms with Crippen LogP contribution in [0.3, 0.4) is 0 Å². The van der Waals surface area contributed by atoms with Crippen molar-refractivity contribution in [3.8, 4) is 0 Å². The Kier molecular flexibility index (Phi) is 11.0. The fourth-order valence-corrected chi connectivity index (χ4v) is 6.12. The number of benzene rings is 2. The van der Waals surface area contributed by atoms with Crippen molar-refractivity contribution in [1.29, 1.82) is 0 Å². The molecule has 3 N–H and O–H groups in total. The van der Waals surface area contributed by atoms with Crippen molar-refractivity contribution in [2.45, 2.75) is 45.7 Å². The van der Waals surface area contributed by atoms with E-state index in [4.69, 9.17) is 15.5 Å². The molecule has 1 fully saturated rings. The average molecular weight is 616 g/mol. The maximum atomic E-state index is 13.8. The molecule has 11 nitrogen and oxygen atoms in total. The maximum Gasteiger partial charge on any atom is 0.337 e. The Morgan fingerprint density at radius 3 is 2.53 bits per heavy atom. The summed E-state index contributed by atoms with van der Waals surface area (Å²) in [6.45, 7) is 8.12. The average Bonchev–Trinajstić information content (AvgIpc) is 3.43. The summed E-state index contributed by atoms with van der Waals surface area (Å²) in [6, 6.07) is 15.3. The predicted octanol–water partition coefficient (Wildman–Crippen LogP) is 3.32. The Balaban J connectivity index is 1.37. The van der Waals surface area contributed by atoms with E-state index in [1.54, 1.807) is 12.1 Å². The van der Waals surface area contributed by atoms with E-state index >= 15 is 0 Å². The molecule has 240 valence electrons. The lowest BCUT2D eigenvalue weighted by Gasteiger charge is -2.35. The summed E-state index contributed by atoms with van der Waals surface area (Å²) in [7, 11) is 1.37. The number of amides is 1. The number of piperazine rings is 1. The van der Waals surface area contributed by atoms with Gasteiger partial charge in [-0.05, 0) is 36.6 Å². The fourth-order valence-electron chi connectivity index (χ4n) is 6.12. The quantitative estimate of drug-likeness (QED) is 0.205. The van der Waals surface area contributed by atoms with Crippen LogP contribution in [0.25, 0.3) is 21.9 Å². The number of nitrogen functional groups attached to an aromatic ring is 1. The number of carbonyl (C=O) groups excluding carboxylic acids is 2. The standard InChI is InChI=1S/C34H45N7O4/c1-3-4-13-29-37-31-32(27-11-5-6-12-28(27)36-33(31)35)41(29)15-8-14-40(23-25-9-7-10-26(22-25)34(44)45-2)30(43)24-39-18-16-38(17-19-39)20-21-42/h5-7,9-12,22,42H,3-4,8,13-21,23-24H2,1-2H3,(H2,35,36). The number of ether oxygens (including phenoxy) is 1. The second-order valence-electron chi connectivity index (χ2n) is 11.7. The van der Waals surface area contributed by atoms with E-state index in [1.807, 2.05) is 35.2 Å². The number of nitrogens with zero attached hydrogens (tertiary/aromatic N) is 6. The van der Waals surface area contributed by atoms with Gasteiger partial charge in [0.15, 0.2) is 5.82 Å². The maximum absolute atomic E-state index is 13.8. The van der Waals surface area contributed by atoms with E-state index in [0.717, 1.165) is 78.8 Å². The molecule has 2 aromatic heterocycles. The van der Waals surface area contributed by atoms with E-state index in [0.29, 0.717) is 50.5 Å². The molecule has 1 aliphatic heterocycles. The summed E-state index contributed by atoms with van der Waals surface area (Å²) >= 11 is 0. The molecule has 1 amide bonds. The second kappa shape index (κ2) is 15.3. The van der Waals surface area contributed by atoms with Crippen molar-refractivity contribution in [2.24, 2.45) is 0 Å². The van der Waals surface area contributed by atoms with Crippen molar-refractivity contribution in [3.63, 3.8) is 0 Å². The number of methoxy groups -OCH3 is 1. The van der Waals surface area contributed by atoms with Crippen LogP contribution in [0.15, 0.2) is 48.5 Å². The number of fused-ring (bicyclic) bond motifs is 3. The summed E-state index contributed by atoms with van der Waals surface area (Å²) in [5, 5.41) is 10.3. The van der Waals surface area contributed by atoms with Crippen LogP contribution in [0, 0.1) is 0 Å². The van der Waals surface area contributed by atoms with E-state index in [-0.39, 0.29) is 12.5 Å². The van der Waals surface area contributed by atoms with E-state index in [2.05, 4.69) is 32.3 Å². The zero-order chi connectivity index (χ0) is 31.8. The molecule has 0 unspecified atom stereocenters. The first-order valence-electron chi connectivity index (χ1n) is 16.0. The number of β-amino-alcohol motifs (C(OH)–C–C–N with tert-alkyl or cyclic N) is 1. The first kappa shape index (κ1) is 32.3. The van der Waals surface area contributed by atoms with Gasteiger partial charge in [-0.25, -0.2) is 14.8 Å². The number of rotatable bonds is 14. The number of hydrogen-bond acceptors (Lipinski definition) is 9. The third kappa shape index (κ3) is 7.78. The van der Waals surface area contributed by atoms with Crippen molar-refractivity contribution >= 4 is 39.6 Å². The molecule has 2 aromatic carbocycles. The van der Waals surface area contributed by atoms with Gasteiger partial charge in [0.1, 0.15) is 11.3 Å². The summed E-state index contributed by atoms with van der Waals surface area (Å²) in [4.78, 5) is 41.9. The van der Waals surface area contributed by atoms with Gasteiger partial charge in [0, 0.05) is 64.2 Å². The van der Waals surface area contributed by atoms with Crippen LogP contribution >= 0.6 is 0 Å².